The molecule has 7 nitrogen and oxygen atoms in total. The third-order valence-corrected chi connectivity index (χ3v) is 4.69. The van der Waals surface area contributed by atoms with Crippen molar-refractivity contribution in [3.63, 3.8) is 0 Å². The van der Waals surface area contributed by atoms with Crippen LogP contribution in [0.1, 0.15) is 31.2 Å². The molecule has 1 fully saturated rings. The first-order valence-corrected chi connectivity index (χ1v) is 9.35. The molecule has 0 spiro atoms. The highest BCUT2D eigenvalue weighted by Gasteiger charge is 2.21. The molecule has 2 heterocycles. The lowest BCUT2D eigenvalue weighted by Gasteiger charge is -2.35. The number of aromatic nitrogens is 3. The first-order valence-electron chi connectivity index (χ1n) is 9.35. The molecule has 1 atom stereocenters. The molecular formula is C19H30IN7. The van der Waals surface area contributed by atoms with Crippen LogP contribution in [-0.4, -0.2) is 46.4 Å². The van der Waals surface area contributed by atoms with E-state index in [9.17, 15) is 0 Å². The Labute approximate surface area is 178 Å². The van der Waals surface area contributed by atoms with Gasteiger partial charge in [-0.15, -0.1) is 24.0 Å². The van der Waals surface area contributed by atoms with E-state index in [1.54, 1.807) is 11.0 Å². The van der Waals surface area contributed by atoms with Crippen molar-refractivity contribution in [2.75, 3.05) is 24.5 Å². The Morgan fingerprint density at radius 2 is 2.07 bits per heavy atom. The zero-order chi connectivity index (χ0) is 18.4. The lowest BCUT2D eigenvalue weighted by atomic mass is 10.0. The van der Waals surface area contributed by atoms with Crippen molar-refractivity contribution in [2.24, 2.45) is 12.0 Å². The van der Waals surface area contributed by atoms with Gasteiger partial charge in [-0.25, -0.2) is 9.98 Å². The SMILES string of the molecule is CCNC(=NCc1ncnn1C)NC1CCCN(c2ccc(C)cc2)C1.I. The molecule has 0 bridgehead atoms. The van der Waals surface area contributed by atoms with Gasteiger partial charge < -0.3 is 15.5 Å². The lowest BCUT2D eigenvalue weighted by Crippen LogP contribution is -2.51. The monoisotopic (exact) mass is 483 g/mol. The maximum Gasteiger partial charge on any atom is 0.191 e. The van der Waals surface area contributed by atoms with Crippen molar-refractivity contribution in [2.45, 2.75) is 39.3 Å². The van der Waals surface area contributed by atoms with Gasteiger partial charge in [0.2, 0.25) is 0 Å². The Morgan fingerprint density at radius 1 is 1.30 bits per heavy atom. The van der Waals surface area contributed by atoms with Crippen LogP contribution in [0.3, 0.4) is 0 Å². The molecule has 2 aromatic rings. The van der Waals surface area contributed by atoms with Gasteiger partial charge in [-0.05, 0) is 38.8 Å². The minimum Gasteiger partial charge on any atom is -0.369 e. The van der Waals surface area contributed by atoms with Crippen molar-refractivity contribution < 1.29 is 0 Å². The molecular weight excluding hydrogens is 453 g/mol. The average molecular weight is 483 g/mol. The van der Waals surface area contributed by atoms with Crippen LogP contribution in [0.5, 0.6) is 0 Å². The largest absolute Gasteiger partial charge is 0.369 e. The van der Waals surface area contributed by atoms with Crippen molar-refractivity contribution in [1.29, 1.82) is 0 Å². The molecule has 148 valence electrons. The summed E-state index contributed by atoms with van der Waals surface area (Å²) in [6, 6.07) is 9.16. The van der Waals surface area contributed by atoms with Crippen LogP contribution >= 0.6 is 24.0 Å². The van der Waals surface area contributed by atoms with E-state index in [1.165, 1.54) is 17.7 Å². The summed E-state index contributed by atoms with van der Waals surface area (Å²) in [5, 5.41) is 11.0. The molecule has 1 saturated heterocycles. The van der Waals surface area contributed by atoms with Gasteiger partial charge in [-0.3, -0.25) is 4.68 Å². The molecule has 0 aliphatic carbocycles. The summed E-state index contributed by atoms with van der Waals surface area (Å²) in [6.07, 6.45) is 3.89. The number of anilines is 1. The van der Waals surface area contributed by atoms with Crippen LogP contribution < -0.4 is 15.5 Å². The van der Waals surface area contributed by atoms with Crippen molar-refractivity contribution in [3.05, 3.63) is 42.0 Å². The highest BCUT2D eigenvalue weighted by molar-refractivity contribution is 14.0. The van der Waals surface area contributed by atoms with Crippen molar-refractivity contribution in [1.82, 2.24) is 25.4 Å². The maximum absolute atomic E-state index is 4.67. The van der Waals surface area contributed by atoms with Gasteiger partial charge >= 0.3 is 0 Å². The molecule has 0 amide bonds. The first kappa shape index (κ1) is 21.5. The smallest absolute Gasteiger partial charge is 0.191 e. The second-order valence-electron chi connectivity index (χ2n) is 6.76. The molecule has 1 aliphatic heterocycles. The van der Waals surface area contributed by atoms with Gasteiger partial charge in [-0.2, -0.15) is 5.10 Å². The number of rotatable bonds is 5. The summed E-state index contributed by atoms with van der Waals surface area (Å²) in [7, 11) is 1.89. The van der Waals surface area contributed by atoms with E-state index in [1.807, 2.05) is 7.05 Å². The molecule has 0 saturated carbocycles. The van der Waals surface area contributed by atoms with Crippen LogP contribution in [-0.2, 0) is 13.6 Å². The first-order chi connectivity index (χ1) is 12.7. The lowest BCUT2D eigenvalue weighted by molar-refractivity contribution is 0.468. The summed E-state index contributed by atoms with van der Waals surface area (Å²) in [4.78, 5) is 11.4. The second kappa shape index (κ2) is 10.5. The van der Waals surface area contributed by atoms with Gasteiger partial charge in [0.25, 0.3) is 0 Å². The van der Waals surface area contributed by atoms with E-state index in [0.29, 0.717) is 12.6 Å². The highest BCUT2D eigenvalue weighted by Crippen LogP contribution is 2.20. The van der Waals surface area contributed by atoms with Crippen molar-refractivity contribution in [3.8, 4) is 0 Å². The number of piperidine rings is 1. The molecule has 2 N–H and O–H groups in total. The Bertz CT molecular complexity index is 726. The minimum absolute atomic E-state index is 0. The number of nitrogens with zero attached hydrogens (tertiary/aromatic N) is 5. The molecule has 1 aromatic heterocycles. The van der Waals surface area contributed by atoms with Crippen molar-refractivity contribution >= 4 is 35.6 Å². The fraction of sp³-hybridized carbons (Fsp3) is 0.526. The number of aliphatic imine (C=N–C) groups is 1. The normalized spacial score (nSPS) is 17.4. The third kappa shape index (κ3) is 6.08. The Hall–Kier alpha value is -1.84. The zero-order valence-corrected chi connectivity index (χ0v) is 18.7. The highest BCUT2D eigenvalue weighted by atomic mass is 127. The summed E-state index contributed by atoms with van der Waals surface area (Å²) in [5.41, 5.74) is 2.59. The molecule has 8 heteroatoms. The number of nitrogens with one attached hydrogen (secondary N) is 2. The van der Waals surface area contributed by atoms with Crippen LogP contribution in [0.25, 0.3) is 0 Å². The fourth-order valence-corrected chi connectivity index (χ4v) is 3.21. The van der Waals surface area contributed by atoms with E-state index in [4.69, 9.17) is 0 Å². The number of aryl methyl sites for hydroxylation is 2. The van der Waals surface area contributed by atoms with E-state index in [-0.39, 0.29) is 24.0 Å². The number of benzene rings is 1. The number of halogens is 1. The third-order valence-electron chi connectivity index (χ3n) is 4.69. The summed E-state index contributed by atoms with van der Waals surface area (Å²) in [5.74, 6) is 1.69. The van der Waals surface area contributed by atoms with Gasteiger partial charge in [0.05, 0.1) is 0 Å². The van der Waals surface area contributed by atoms with Crippen LogP contribution in [0.2, 0.25) is 0 Å². The standard InChI is InChI=1S/C19H29N7.HI/c1-4-20-19(21-12-18-22-14-23-25(18)3)24-16-6-5-11-26(13-16)17-9-7-15(2)8-10-17;/h7-10,14,16H,4-6,11-13H2,1-3H3,(H2,20,21,24);1H. The van der Waals surface area contributed by atoms with E-state index >= 15 is 0 Å². The van der Waals surface area contributed by atoms with Gasteiger partial charge in [-0.1, -0.05) is 17.7 Å². The quantitative estimate of drug-likeness (QED) is 0.389. The summed E-state index contributed by atoms with van der Waals surface area (Å²) >= 11 is 0. The van der Waals surface area contributed by atoms with E-state index < -0.39 is 0 Å². The molecule has 1 aliphatic rings. The molecule has 1 aromatic carbocycles. The predicted molar refractivity (Wildman–Crippen MR) is 121 cm³/mol. The topological polar surface area (TPSA) is 70.4 Å². The van der Waals surface area contributed by atoms with Crippen LogP contribution in [0, 0.1) is 6.92 Å². The minimum atomic E-state index is 0. The summed E-state index contributed by atoms with van der Waals surface area (Å²) < 4.78 is 1.76. The van der Waals surface area contributed by atoms with Crippen LogP contribution in [0.4, 0.5) is 5.69 Å². The molecule has 0 radical (unpaired) electrons. The van der Waals surface area contributed by atoms with Crippen LogP contribution in [0.15, 0.2) is 35.6 Å². The second-order valence-corrected chi connectivity index (χ2v) is 6.76. The van der Waals surface area contributed by atoms with Gasteiger partial charge in [0.15, 0.2) is 5.96 Å². The van der Waals surface area contributed by atoms with E-state index in [0.717, 1.165) is 37.8 Å². The number of hydrogen-bond acceptors (Lipinski definition) is 4. The maximum atomic E-state index is 4.67. The van der Waals surface area contributed by atoms with Gasteiger partial charge in [0, 0.05) is 38.4 Å². The predicted octanol–water partition coefficient (Wildman–Crippen LogP) is 2.47. The van der Waals surface area contributed by atoms with E-state index in [2.05, 4.69) is 68.7 Å². The van der Waals surface area contributed by atoms with Gasteiger partial charge in [0.1, 0.15) is 18.7 Å². The molecule has 1 unspecified atom stereocenters. The summed E-state index contributed by atoms with van der Waals surface area (Å²) in [6.45, 7) is 7.64. The fourth-order valence-electron chi connectivity index (χ4n) is 3.21. The Morgan fingerprint density at radius 3 is 2.74 bits per heavy atom. The Balaban J connectivity index is 0.00000261. The molecule has 27 heavy (non-hydrogen) atoms. The zero-order valence-electron chi connectivity index (χ0n) is 16.4. The number of hydrogen-bond donors (Lipinski definition) is 2. The number of guanidine groups is 1. The Kier molecular flexibility index (Phi) is 8.33. The average Bonchev–Trinajstić information content (AvgIpc) is 3.06. The molecule has 3 rings (SSSR count).